The van der Waals surface area contributed by atoms with Crippen LogP contribution in [0.15, 0.2) is 17.1 Å². The van der Waals surface area contributed by atoms with E-state index in [1.165, 1.54) is 12.6 Å². The number of carbonyl (C=O) groups is 1. The van der Waals surface area contributed by atoms with Crippen molar-refractivity contribution >= 4 is 11.6 Å². The van der Waals surface area contributed by atoms with E-state index in [0.717, 1.165) is 0 Å². The average Bonchev–Trinajstić information content (AvgIpc) is 2.99. The van der Waals surface area contributed by atoms with Gasteiger partial charge in [-0.15, -0.1) is 0 Å². The van der Waals surface area contributed by atoms with Crippen molar-refractivity contribution in [1.29, 1.82) is 0 Å². The van der Waals surface area contributed by atoms with Gasteiger partial charge in [-0.2, -0.15) is 4.98 Å². The highest BCUT2D eigenvalue weighted by Gasteiger charge is 2.16. The van der Waals surface area contributed by atoms with E-state index in [4.69, 9.17) is 5.84 Å². The first-order valence-corrected chi connectivity index (χ1v) is 6.48. The molecule has 0 atom stereocenters. The third-order valence-electron chi connectivity index (χ3n) is 2.74. The zero-order valence-corrected chi connectivity index (χ0v) is 11.8. The summed E-state index contributed by atoms with van der Waals surface area (Å²) in [7, 11) is 0. The van der Waals surface area contributed by atoms with Crippen LogP contribution in [0.5, 0.6) is 0 Å². The van der Waals surface area contributed by atoms with Crippen molar-refractivity contribution in [3.63, 3.8) is 0 Å². The topological polar surface area (TPSA) is 132 Å². The molecule has 0 aliphatic heterocycles. The van der Waals surface area contributed by atoms with E-state index in [0.29, 0.717) is 30.3 Å². The lowest BCUT2D eigenvalue weighted by atomic mass is 10.2. The van der Waals surface area contributed by atoms with Gasteiger partial charge in [0.1, 0.15) is 5.82 Å². The molecule has 0 bridgehead atoms. The number of aromatic nitrogens is 4. The van der Waals surface area contributed by atoms with Crippen LogP contribution in [-0.2, 0) is 6.42 Å². The number of anilines is 1. The van der Waals surface area contributed by atoms with Crippen molar-refractivity contribution in [2.24, 2.45) is 5.84 Å². The molecule has 0 spiro atoms. The van der Waals surface area contributed by atoms with E-state index in [-0.39, 0.29) is 17.5 Å². The molecule has 112 valence electrons. The van der Waals surface area contributed by atoms with Crippen LogP contribution in [0.4, 0.5) is 5.69 Å². The largest absolute Gasteiger partial charge is 0.350 e. The molecule has 0 fully saturated rings. The normalized spacial score (nSPS) is 10.7. The summed E-state index contributed by atoms with van der Waals surface area (Å²) in [5.41, 5.74) is 3.01. The fourth-order valence-electron chi connectivity index (χ4n) is 1.63. The summed E-state index contributed by atoms with van der Waals surface area (Å²) in [6.07, 6.45) is 3.21. The first-order chi connectivity index (χ1) is 10.1. The summed E-state index contributed by atoms with van der Waals surface area (Å²) < 4.78 is 4.61. The van der Waals surface area contributed by atoms with E-state index >= 15 is 0 Å². The van der Waals surface area contributed by atoms with Crippen LogP contribution in [-0.4, -0.2) is 32.6 Å². The van der Waals surface area contributed by atoms with Gasteiger partial charge in [0.25, 0.3) is 5.91 Å². The highest BCUT2D eigenvalue weighted by molar-refractivity contribution is 5.97. The van der Waals surface area contributed by atoms with Crippen molar-refractivity contribution in [2.75, 3.05) is 12.0 Å². The van der Waals surface area contributed by atoms with Gasteiger partial charge in [0.15, 0.2) is 11.5 Å². The molecule has 0 saturated carbocycles. The molecular formula is C12H17N7O2. The molecule has 9 nitrogen and oxygen atoms in total. The van der Waals surface area contributed by atoms with Gasteiger partial charge in [-0.1, -0.05) is 19.0 Å². The Morgan fingerprint density at radius 1 is 1.43 bits per heavy atom. The summed E-state index contributed by atoms with van der Waals surface area (Å²) in [6, 6.07) is 0. The minimum absolute atomic E-state index is 0.114. The smallest absolute Gasteiger partial charge is 0.272 e. The summed E-state index contributed by atoms with van der Waals surface area (Å²) >= 11 is 0. The molecule has 9 heteroatoms. The first-order valence-electron chi connectivity index (χ1n) is 6.48. The third kappa shape index (κ3) is 3.72. The van der Waals surface area contributed by atoms with E-state index < -0.39 is 0 Å². The van der Waals surface area contributed by atoms with Crippen LogP contribution in [0.25, 0.3) is 0 Å². The van der Waals surface area contributed by atoms with Crippen molar-refractivity contribution in [1.82, 2.24) is 25.4 Å². The van der Waals surface area contributed by atoms with Crippen LogP contribution in [0.2, 0.25) is 0 Å². The maximum Gasteiger partial charge on any atom is 0.272 e. The highest BCUT2D eigenvalue weighted by atomic mass is 16.5. The molecule has 0 aliphatic rings. The zero-order valence-electron chi connectivity index (χ0n) is 11.8. The van der Waals surface area contributed by atoms with Crippen LogP contribution < -0.4 is 16.6 Å². The van der Waals surface area contributed by atoms with Crippen molar-refractivity contribution < 1.29 is 9.32 Å². The fourth-order valence-corrected chi connectivity index (χ4v) is 1.63. The number of nitrogens with two attached hydrogens (primary N) is 1. The minimum atomic E-state index is -0.337. The molecule has 2 aromatic rings. The second-order valence-electron chi connectivity index (χ2n) is 4.64. The molecule has 2 aromatic heterocycles. The Hall–Kier alpha value is -2.55. The molecule has 0 unspecified atom stereocenters. The molecule has 0 saturated heterocycles. The molecule has 0 aliphatic carbocycles. The molecule has 2 rings (SSSR count). The molecule has 0 radical (unpaired) electrons. The van der Waals surface area contributed by atoms with Crippen LogP contribution in [0.3, 0.4) is 0 Å². The maximum absolute atomic E-state index is 12.2. The number of hydrazine groups is 1. The molecular weight excluding hydrogens is 274 g/mol. The Bertz CT molecular complexity index is 598. The highest BCUT2D eigenvalue weighted by Crippen LogP contribution is 2.15. The number of nitrogens with one attached hydrogen (secondary N) is 2. The van der Waals surface area contributed by atoms with Gasteiger partial charge in [0, 0.05) is 18.9 Å². The van der Waals surface area contributed by atoms with Crippen molar-refractivity contribution in [3.05, 3.63) is 29.9 Å². The number of nitrogen functional groups attached to an aromatic ring is 1. The third-order valence-corrected chi connectivity index (χ3v) is 2.74. The van der Waals surface area contributed by atoms with Gasteiger partial charge in [0.2, 0.25) is 6.39 Å². The quantitative estimate of drug-likeness (QED) is 0.509. The Balaban J connectivity index is 2.04. The van der Waals surface area contributed by atoms with E-state index in [1.54, 1.807) is 0 Å². The van der Waals surface area contributed by atoms with E-state index in [2.05, 4.69) is 35.4 Å². The molecule has 2 heterocycles. The number of hydrogen-bond donors (Lipinski definition) is 3. The van der Waals surface area contributed by atoms with E-state index in [9.17, 15) is 4.79 Å². The van der Waals surface area contributed by atoms with Gasteiger partial charge in [0.05, 0.1) is 11.9 Å². The van der Waals surface area contributed by atoms with Crippen molar-refractivity contribution in [3.8, 4) is 0 Å². The lowest BCUT2D eigenvalue weighted by molar-refractivity contribution is 0.0949. The standard InChI is InChI=1S/C12H17N7O2/c1-7(2)11-15-5-8(18-13)10(17-11)12(20)14-4-3-9-16-6-21-19-9/h5-7,18H,3-4,13H2,1-2H3,(H,14,20). The van der Waals surface area contributed by atoms with E-state index in [1.807, 2.05) is 13.8 Å². The Labute approximate surface area is 121 Å². The molecule has 4 N–H and O–H groups in total. The van der Waals surface area contributed by atoms with Crippen LogP contribution in [0.1, 0.15) is 41.9 Å². The fraction of sp³-hybridized carbons (Fsp3) is 0.417. The van der Waals surface area contributed by atoms with Gasteiger partial charge >= 0.3 is 0 Å². The van der Waals surface area contributed by atoms with Crippen LogP contribution in [0, 0.1) is 0 Å². The Kier molecular flexibility index (Phi) is 4.77. The number of hydrogen-bond acceptors (Lipinski definition) is 8. The predicted molar refractivity (Wildman–Crippen MR) is 74.3 cm³/mol. The summed E-state index contributed by atoms with van der Waals surface area (Å²) in [4.78, 5) is 24.4. The number of amides is 1. The lowest BCUT2D eigenvalue weighted by Gasteiger charge is -2.11. The van der Waals surface area contributed by atoms with Gasteiger partial charge in [-0.25, -0.2) is 9.97 Å². The number of rotatable bonds is 6. The average molecular weight is 291 g/mol. The summed E-state index contributed by atoms with van der Waals surface area (Å²) in [6.45, 7) is 4.26. The van der Waals surface area contributed by atoms with Gasteiger partial charge in [-0.3, -0.25) is 10.6 Å². The summed E-state index contributed by atoms with van der Waals surface area (Å²) in [5.74, 6) is 6.26. The molecule has 0 aromatic carbocycles. The second-order valence-corrected chi connectivity index (χ2v) is 4.64. The minimum Gasteiger partial charge on any atom is -0.350 e. The lowest BCUT2D eigenvalue weighted by Crippen LogP contribution is -2.29. The Morgan fingerprint density at radius 2 is 2.24 bits per heavy atom. The Morgan fingerprint density at radius 3 is 2.86 bits per heavy atom. The SMILES string of the molecule is CC(C)c1ncc(NN)c(C(=O)NCCc2ncon2)n1. The number of nitrogens with zero attached hydrogens (tertiary/aromatic N) is 4. The predicted octanol–water partition coefficient (Wildman–Crippen LogP) is 0.241. The molecule has 21 heavy (non-hydrogen) atoms. The maximum atomic E-state index is 12.2. The van der Waals surface area contributed by atoms with Gasteiger partial charge in [-0.05, 0) is 0 Å². The second kappa shape index (κ2) is 6.75. The summed E-state index contributed by atoms with van der Waals surface area (Å²) in [5, 5.41) is 6.39. The molecule has 1 amide bonds. The zero-order chi connectivity index (χ0) is 15.2. The van der Waals surface area contributed by atoms with Crippen LogP contribution >= 0.6 is 0 Å². The first kappa shape index (κ1) is 14.9. The van der Waals surface area contributed by atoms with Gasteiger partial charge < -0.3 is 15.3 Å². The van der Waals surface area contributed by atoms with Crippen molar-refractivity contribution in [2.45, 2.75) is 26.2 Å². The monoisotopic (exact) mass is 291 g/mol. The number of carbonyl (C=O) groups excluding carboxylic acids is 1.